The van der Waals surface area contributed by atoms with E-state index in [1.165, 1.54) is 0 Å². The van der Waals surface area contributed by atoms with E-state index in [-0.39, 0.29) is 10.5 Å². The molecule has 0 radical (unpaired) electrons. The number of rotatable bonds is 7. The molecule has 0 bridgehead atoms. The van der Waals surface area contributed by atoms with E-state index in [0.717, 1.165) is 66.6 Å². The van der Waals surface area contributed by atoms with E-state index in [4.69, 9.17) is 26.1 Å². The average molecular weight is 537 g/mol. The summed E-state index contributed by atoms with van der Waals surface area (Å²) in [4.78, 5) is 14.6. The second-order valence-corrected chi connectivity index (χ2v) is 12.7. The zero-order chi connectivity index (χ0) is 25.6. The Hall–Kier alpha value is -3.30. The van der Waals surface area contributed by atoms with Gasteiger partial charge in [0.15, 0.2) is 0 Å². The van der Waals surface area contributed by atoms with E-state index in [0.29, 0.717) is 22.4 Å². The number of hydrogen-bond acceptors (Lipinski definition) is 7. The Morgan fingerprint density at radius 3 is 2.65 bits per heavy atom. The normalized spacial score (nSPS) is 18.1. The maximum atomic E-state index is 12.8. The summed E-state index contributed by atoms with van der Waals surface area (Å²) >= 11 is 6.49. The molecule has 3 N–H and O–H groups in total. The minimum atomic E-state index is -2.47. The Kier molecular flexibility index (Phi) is 6.20. The number of nitrogens with zero attached hydrogens (tertiary/aromatic N) is 3. The van der Waals surface area contributed by atoms with Gasteiger partial charge in [-0.1, -0.05) is 29.8 Å². The predicted octanol–water partition coefficient (Wildman–Crippen LogP) is 6.21. The van der Waals surface area contributed by atoms with Crippen molar-refractivity contribution >= 4 is 49.6 Å². The van der Waals surface area contributed by atoms with Gasteiger partial charge >= 0.3 is 0 Å². The SMILES string of the molecule is COc1cc(N2CCC(S(=N)(=O)C3CC3)CC2)ccc1Nc1ncc(Cl)c(-c2c[nH]c3ccccc23)n1. The highest BCUT2D eigenvalue weighted by molar-refractivity contribution is 7.93. The molecule has 1 saturated heterocycles. The summed E-state index contributed by atoms with van der Waals surface area (Å²) in [7, 11) is -0.830. The molecule has 0 spiro atoms. The molecular formula is C27H29ClN6O2S. The van der Waals surface area contributed by atoms with Gasteiger partial charge in [-0.25, -0.2) is 14.2 Å². The first-order valence-corrected chi connectivity index (χ1v) is 14.6. The summed E-state index contributed by atoms with van der Waals surface area (Å²) in [6.45, 7) is 1.58. The number of anilines is 3. The van der Waals surface area contributed by atoms with Crippen LogP contribution in [0.3, 0.4) is 0 Å². The smallest absolute Gasteiger partial charge is 0.227 e. The molecule has 2 aliphatic rings. The first kappa shape index (κ1) is 24.1. The van der Waals surface area contributed by atoms with Gasteiger partial charge < -0.3 is 19.9 Å². The van der Waals surface area contributed by atoms with Gasteiger partial charge in [0.05, 0.1) is 39.4 Å². The molecular weight excluding hydrogens is 508 g/mol. The summed E-state index contributed by atoms with van der Waals surface area (Å²) < 4.78 is 26.9. The summed E-state index contributed by atoms with van der Waals surface area (Å²) in [5, 5.41) is 4.92. The fourth-order valence-corrected chi connectivity index (χ4v) is 7.62. The standard InChI is InChI=1S/C27H29ClN6O2S/c1-36-25-14-17(34-12-10-19(11-13-34)37(29,35)18-7-8-18)6-9-24(25)32-27-31-16-22(28)26(33-27)21-15-30-23-5-3-2-4-20(21)23/h2-6,9,14-16,18-19,29-30H,7-8,10-13H2,1H3,(H,31,32,33). The van der Waals surface area contributed by atoms with Crippen LogP contribution in [0.5, 0.6) is 5.75 Å². The highest BCUT2D eigenvalue weighted by Gasteiger charge is 2.39. The van der Waals surface area contributed by atoms with Crippen LogP contribution < -0.4 is 15.0 Å². The van der Waals surface area contributed by atoms with Crippen molar-refractivity contribution in [2.75, 3.05) is 30.4 Å². The number of ether oxygens (including phenoxy) is 1. The quantitative estimate of drug-likeness (QED) is 0.259. The van der Waals surface area contributed by atoms with Crippen molar-refractivity contribution in [1.29, 1.82) is 4.78 Å². The number of fused-ring (bicyclic) bond motifs is 1. The van der Waals surface area contributed by atoms with Crippen LogP contribution in [0.4, 0.5) is 17.3 Å². The van der Waals surface area contributed by atoms with Crippen molar-refractivity contribution < 1.29 is 8.95 Å². The van der Waals surface area contributed by atoms with E-state index in [9.17, 15) is 4.21 Å². The second kappa shape index (κ2) is 9.54. The molecule has 1 atom stereocenters. The molecule has 4 aromatic rings. The minimum Gasteiger partial charge on any atom is -0.494 e. The first-order valence-electron chi connectivity index (χ1n) is 12.5. The van der Waals surface area contributed by atoms with Gasteiger partial charge in [-0.3, -0.25) is 4.78 Å². The van der Waals surface area contributed by atoms with Crippen molar-refractivity contribution in [3.8, 4) is 17.0 Å². The van der Waals surface area contributed by atoms with Gasteiger partial charge in [-0.05, 0) is 43.9 Å². The van der Waals surface area contributed by atoms with Crippen molar-refractivity contribution in [3.63, 3.8) is 0 Å². The van der Waals surface area contributed by atoms with E-state index in [1.807, 2.05) is 48.7 Å². The average Bonchev–Trinajstić information content (AvgIpc) is 3.71. The van der Waals surface area contributed by atoms with E-state index >= 15 is 0 Å². The molecule has 10 heteroatoms. The lowest BCUT2D eigenvalue weighted by atomic mass is 10.1. The Bertz CT molecular complexity index is 1560. The third-order valence-electron chi connectivity index (χ3n) is 7.34. The van der Waals surface area contributed by atoms with E-state index < -0.39 is 9.73 Å². The molecule has 2 aromatic heterocycles. The largest absolute Gasteiger partial charge is 0.494 e. The van der Waals surface area contributed by atoms with Gasteiger partial charge in [0.25, 0.3) is 0 Å². The van der Waals surface area contributed by atoms with Crippen LogP contribution >= 0.6 is 11.6 Å². The van der Waals surface area contributed by atoms with Gasteiger partial charge in [0.1, 0.15) is 5.75 Å². The third-order valence-corrected chi connectivity index (χ3v) is 10.5. The molecule has 1 aliphatic carbocycles. The Labute approximate surface area is 221 Å². The van der Waals surface area contributed by atoms with Crippen molar-refractivity contribution in [1.82, 2.24) is 15.0 Å². The Morgan fingerprint density at radius 1 is 1.14 bits per heavy atom. The topological polar surface area (TPSA) is 107 Å². The zero-order valence-corrected chi connectivity index (χ0v) is 22.1. The van der Waals surface area contributed by atoms with Gasteiger partial charge in [-0.2, -0.15) is 0 Å². The lowest BCUT2D eigenvalue weighted by Gasteiger charge is -2.34. The van der Waals surface area contributed by atoms with Crippen LogP contribution in [0.25, 0.3) is 22.2 Å². The van der Waals surface area contributed by atoms with Crippen LogP contribution in [-0.4, -0.2) is 49.9 Å². The maximum absolute atomic E-state index is 12.8. The molecule has 0 amide bonds. The Morgan fingerprint density at radius 2 is 1.89 bits per heavy atom. The van der Waals surface area contributed by atoms with Crippen LogP contribution in [0.1, 0.15) is 25.7 Å². The van der Waals surface area contributed by atoms with Crippen molar-refractivity contribution in [2.45, 2.75) is 36.2 Å². The summed E-state index contributed by atoms with van der Waals surface area (Å²) in [5.74, 6) is 1.09. The monoisotopic (exact) mass is 536 g/mol. The van der Waals surface area contributed by atoms with E-state index in [1.54, 1.807) is 13.3 Å². The first-order chi connectivity index (χ1) is 17.9. The molecule has 3 heterocycles. The summed E-state index contributed by atoms with van der Waals surface area (Å²) in [5.41, 5.74) is 4.36. The Balaban J connectivity index is 1.21. The molecule has 2 aromatic carbocycles. The fourth-order valence-electron chi connectivity index (χ4n) is 5.14. The molecule has 1 unspecified atom stereocenters. The highest BCUT2D eigenvalue weighted by Crippen LogP contribution is 2.38. The molecule has 2 fully saturated rings. The second-order valence-electron chi connectivity index (χ2n) is 9.68. The van der Waals surface area contributed by atoms with Crippen molar-refractivity contribution in [3.05, 3.63) is 59.9 Å². The van der Waals surface area contributed by atoms with E-state index in [2.05, 4.69) is 20.2 Å². The number of para-hydroxylation sites is 1. The fraction of sp³-hybridized carbons (Fsp3) is 0.333. The summed E-state index contributed by atoms with van der Waals surface area (Å²) in [6.07, 6.45) is 6.99. The van der Waals surface area contributed by atoms with Crippen LogP contribution in [-0.2, 0) is 9.73 Å². The molecule has 8 nitrogen and oxygen atoms in total. The van der Waals surface area contributed by atoms with Crippen molar-refractivity contribution in [2.24, 2.45) is 0 Å². The molecule has 37 heavy (non-hydrogen) atoms. The number of methoxy groups -OCH3 is 1. The van der Waals surface area contributed by atoms with Gasteiger partial charge in [0, 0.05) is 58.0 Å². The molecule has 1 aliphatic heterocycles. The van der Waals surface area contributed by atoms with Gasteiger partial charge in [0.2, 0.25) is 5.95 Å². The van der Waals surface area contributed by atoms with Gasteiger partial charge in [-0.15, -0.1) is 0 Å². The lowest BCUT2D eigenvalue weighted by Crippen LogP contribution is -2.40. The molecule has 6 rings (SSSR count). The number of hydrogen-bond donors (Lipinski definition) is 3. The number of halogens is 1. The summed E-state index contributed by atoms with van der Waals surface area (Å²) in [6, 6.07) is 14.0. The number of H-pyrrole nitrogens is 1. The number of aromatic nitrogens is 3. The van der Waals surface area contributed by atoms with Crippen LogP contribution in [0.2, 0.25) is 5.02 Å². The molecule has 192 valence electrons. The zero-order valence-electron chi connectivity index (χ0n) is 20.5. The number of nitrogens with one attached hydrogen (secondary N) is 3. The maximum Gasteiger partial charge on any atom is 0.227 e. The third kappa shape index (κ3) is 4.62. The number of piperidine rings is 1. The lowest BCUT2D eigenvalue weighted by molar-refractivity contribution is 0.416. The number of benzene rings is 2. The van der Waals surface area contributed by atoms with Crippen LogP contribution in [0, 0.1) is 4.78 Å². The minimum absolute atomic E-state index is 0.00693. The van der Waals surface area contributed by atoms with Crippen LogP contribution in [0.15, 0.2) is 54.9 Å². The number of aromatic amines is 1. The predicted molar refractivity (Wildman–Crippen MR) is 150 cm³/mol. The molecule has 1 saturated carbocycles. The highest BCUT2D eigenvalue weighted by atomic mass is 35.5.